The summed E-state index contributed by atoms with van der Waals surface area (Å²) >= 11 is 7.41. The summed E-state index contributed by atoms with van der Waals surface area (Å²) in [7, 11) is 0. The summed E-state index contributed by atoms with van der Waals surface area (Å²) in [4.78, 5) is 0. The molecule has 0 atom stereocenters. The van der Waals surface area contributed by atoms with Gasteiger partial charge in [0.15, 0.2) is 0 Å². The maximum Gasteiger partial charge on any atom is 0.0999 e. The van der Waals surface area contributed by atoms with Gasteiger partial charge in [-0.3, -0.25) is 0 Å². The third-order valence-corrected chi connectivity index (χ3v) is 3.28. The second-order valence-electron chi connectivity index (χ2n) is 2.60. The Bertz CT molecular complexity index is 510. The number of rotatable bonds is 0. The van der Waals surface area contributed by atoms with Gasteiger partial charge in [0.1, 0.15) is 0 Å². The Labute approximate surface area is 84.2 Å². The molecular formula is C9H5ClN2S. The van der Waals surface area contributed by atoms with Crippen molar-refractivity contribution in [3.8, 4) is 6.07 Å². The topological polar surface area (TPSA) is 49.8 Å². The van der Waals surface area contributed by atoms with E-state index in [0.717, 1.165) is 10.1 Å². The van der Waals surface area contributed by atoms with Gasteiger partial charge in [-0.2, -0.15) is 5.26 Å². The number of halogens is 1. The zero-order chi connectivity index (χ0) is 9.42. The van der Waals surface area contributed by atoms with Crippen LogP contribution in [-0.4, -0.2) is 0 Å². The minimum absolute atomic E-state index is 0.582. The van der Waals surface area contributed by atoms with Crippen LogP contribution >= 0.6 is 22.9 Å². The van der Waals surface area contributed by atoms with Gasteiger partial charge in [-0.25, -0.2) is 0 Å². The second kappa shape index (κ2) is 2.91. The van der Waals surface area contributed by atoms with Crippen LogP contribution in [0.2, 0.25) is 5.02 Å². The molecule has 1 aromatic carbocycles. The summed E-state index contributed by atoms with van der Waals surface area (Å²) in [5.74, 6) is 0. The predicted molar refractivity (Wildman–Crippen MR) is 56.0 cm³/mol. The Morgan fingerprint density at radius 1 is 1.46 bits per heavy atom. The molecule has 0 aliphatic rings. The van der Waals surface area contributed by atoms with E-state index >= 15 is 0 Å². The SMILES string of the molecule is N#Cc1ccc(Cl)c2scc(N)c12. The van der Waals surface area contributed by atoms with E-state index in [1.54, 1.807) is 17.5 Å². The number of anilines is 1. The summed E-state index contributed by atoms with van der Waals surface area (Å²) in [6, 6.07) is 5.50. The van der Waals surface area contributed by atoms with Crippen LogP contribution in [0.4, 0.5) is 5.69 Å². The van der Waals surface area contributed by atoms with Gasteiger partial charge in [0.25, 0.3) is 0 Å². The molecule has 0 saturated carbocycles. The Morgan fingerprint density at radius 2 is 2.23 bits per heavy atom. The third-order valence-electron chi connectivity index (χ3n) is 1.82. The zero-order valence-corrected chi connectivity index (χ0v) is 8.12. The molecule has 64 valence electrons. The third kappa shape index (κ3) is 1.15. The van der Waals surface area contributed by atoms with Crippen LogP contribution in [0.15, 0.2) is 17.5 Å². The van der Waals surface area contributed by atoms with E-state index in [0.29, 0.717) is 16.3 Å². The molecule has 13 heavy (non-hydrogen) atoms. The monoisotopic (exact) mass is 208 g/mol. The van der Waals surface area contributed by atoms with Crippen molar-refractivity contribution in [3.63, 3.8) is 0 Å². The summed E-state index contributed by atoms with van der Waals surface area (Å²) in [5.41, 5.74) is 6.93. The Balaban J connectivity index is 2.99. The molecule has 2 rings (SSSR count). The molecule has 0 radical (unpaired) electrons. The fourth-order valence-corrected chi connectivity index (χ4v) is 2.41. The molecule has 2 nitrogen and oxygen atoms in total. The first-order valence-corrected chi connectivity index (χ1v) is 4.85. The highest BCUT2D eigenvalue weighted by atomic mass is 35.5. The first-order valence-electron chi connectivity index (χ1n) is 3.59. The van der Waals surface area contributed by atoms with Crippen LogP contribution in [0.3, 0.4) is 0 Å². The summed E-state index contributed by atoms with van der Waals surface area (Å²) in [6.07, 6.45) is 0. The number of nitrogen functional groups attached to an aromatic ring is 1. The number of nitriles is 1. The summed E-state index contributed by atoms with van der Waals surface area (Å²) < 4.78 is 0.887. The number of nitrogens with two attached hydrogens (primary N) is 1. The van der Waals surface area contributed by atoms with Gasteiger partial charge in [0.05, 0.1) is 27.0 Å². The van der Waals surface area contributed by atoms with E-state index in [2.05, 4.69) is 6.07 Å². The van der Waals surface area contributed by atoms with E-state index in [1.807, 2.05) is 0 Å². The first-order chi connectivity index (χ1) is 6.24. The maximum absolute atomic E-state index is 8.83. The quantitative estimate of drug-likeness (QED) is 0.724. The van der Waals surface area contributed by atoms with Crippen molar-refractivity contribution < 1.29 is 0 Å². The van der Waals surface area contributed by atoms with Crippen LogP contribution in [0, 0.1) is 11.3 Å². The Hall–Kier alpha value is -1.24. The van der Waals surface area contributed by atoms with Crippen molar-refractivity contribution in [1.29, 1.82) is 5.26 Å². The lowest BCUT2D eigenvalue weighted by Gasteiger charge is -1.96. The fourth-order valence-electron chi connectivity index (χ4n) is 1.23. The van der Waals surface area contributed by atoms with E-state index in [1.165, 1.54) is 11.3 Å². The van der Waals surface area contributed by atoms with Gasteiger partial charge in [-0.1, -0.05) is 11.6 Å². The Kier molecular flexibility index (Phi) is 1.87. The number of nitrogens with zero attached hydrogens (tertiary/aromatic N) is 1. The number of hydrogen-bond donors (Lipinski definition) is 1. The van der Waals surface area contributed by atoms with Crippen LogP contribution in [-0.2, 0) is 0 Å². The number of thiophene rings is 1. The normalized spacial score (nSPS) is 10.2. The summed E-state index contributed by atoms with van der Waals surface area (Å²) in [6.45, 7) is 0. The van der Waals surface area contributed by atoms with Crippen LogP contribution in [0.1, 0.15) is 5.56 Å². The molecule has 0 bridgehead atoms. The minimum atomic E-state index is 0.582. The van der Waals surface area contributed by atoms with Crippen molar-refractivity contribution >= 4 is 38.7 Å². The van der Waals surface area contributed by atoms with E-state index in [-0.39, 0.29) is 0 Å². The van der Waals surface area contributed by atoms with Gasteiger partial charge in [0.2, 0.25) is 0 Å². The molecule has 0 fully saturated rings. The lowest BCUT2D eigenvalue weighted by atomic mass is 10.1. The fraction of sp³-hybridized carbons (Fsp3) is 0. The molecule has 0 unspecified atom stereocenters. The summed E-state index contributed by atoms with van der Waals surface area (Å²) in [5, 5.41) is 12.1. The number of fused-ring (bicyclic) bond motifs is 1. The second-order valence-corrected chi connectivity index (χ2v) is 3.89. The molecule has 0 aliphatic carbocycles. The van der Waals surface area contributed by atoms with Gasteiger partial charge in [-0.15, -0.1) is 11.3 Å². The molecule has 0 aliphatic heterocycles. The van der Waals surface area contributed by atoms with Crippen molar-refractivity contribution in [2.75, 3.05) is 5.73 Å². The molecule has 0 saturated heterocycles. The predicted octanol–water partition coefficient (Wildman–Crippen LogP) is 3.01. The van der Waals surface area contributed by atoms with Crippen LogP contribution < -0.4 is 5.73 Å². The molecule has 1 heterocycles. The highest BCUT2D eigenvalue weighted by Gasteiger charge is 2.09. The molecule has 2 N–H and O–H groups in total. The highest BCUT2D eigenvalue weighted by Crippen LogP contribution is 2.35. The number of benzene rings is 1. The lowest BCUT2D eigenvalue weighted by Crippen LogP contribution is -1.84. The van der Waals surface area contributed by atoms with Crippen molar-refractivity contribution in [2.24, 2.45) is 0 Å². The number of hydrogen-bond acceptors (Lipinski definition) is 3. The van der Waals surface area contributed by atoms with Crippen molar-refractivity contribution in [3.05, 3.63) is 28.1 Å². The van der Waals surface area contributed by atoms with Crippen LogP contribution in [0.5, 0.6) is 0 Å². The lowest BCUT2D eigenvalue weighted by molar-refractivity contribution is 1.51. The van der Waals surface area contributed by atoms with E-state index in [4.69, 9.17) is 22.6 Å². The smallest absolute Gasteiger partial charge is 0.0999 e. The first kappa shape index (κ1) is 8.36. The largest absolute Gasteiger partial charge is 0.398 e. The zero-order valence-electron chi connectivity index (χ0n) is 6.54. The van der Waals surface area contributed by atoms with Gasteiger partial charge in [0, 0.05) is 10.8 Å². The van der Waals surface area contributed by atoms with Gasteiger partial charge < -0.3 is 5.73 Å². The van der Waals surface area contributed by atoms with E-state index in [9.17, 15) is 0 Å². The Morgan fingerprint density at radius 3 is 2.92 bits per heavy atom. The minimum Gasteiger partial charge on any atom is -0.398 e. The maximum atomic E-state index is 8.83. The van der Waals surface area contributed by atoms with Gasteiger partial charge >= 0.3 is 0 Å². The average molecular weight is 209 g/mol. The van der Waals surface area contributed by atoms with Crippen LogP contribution in [0.25, 0.3) is 10.1 Å². The standard InChI is InChI=1S/C9H5ClN2S/c10-6-2-1-5(3-11)8-7(12)4-13-9(6)8/h1-2,4H,12H2. The molecule has 0 spiro atoms. The highest BCUT2D eigenvalue weighted by molar-refractivity contribution is 7.18. The average Bonchev–Trinajstić information content (AvgIpc) is 2.51. The molecule has 4 heteroatoms. The molecular weight excluding hydrogens is 204 g/mol. The molecule has 2 aromatic rings. The van der Waals surface area contributed by atoms with Crippen molar-refractivity contribution in [2.45, 2.75) is 0 Å². The molecule has 0 amide bonds. The molecule has 1 aromatic heterocycles. The van der Waals surface area contributed by atoms with Crippen molar-refractivity contribution in [1.82, 2.24) is 0 Å². The van der Waals surface area contributed by atoms with Gasteiger partial charge in [-0.05, 0) is 12.1 Å². The van der Waals surface area contributed by atoms with E-state index < -0.39 is 0 Å².